The molecule has 0 radical (unpaired) electrons. The fraction of sp³-hybridized carbons (Fsp3) is 0.267. The summed E-state index contributed by atoms with van der Waals surface area (Å²) in [5.74, 6) is 0. The van der Waals surface area contributed by atoms with E-state index in [-0.39, 0.29) is 0 Å². The Balaban J connectivity index is 1.98. The molecule has 3 nitrogen and oxygen atoms in total. The van der Waals surface area contributed by atoms with Crippen molar-refractivity contribution in [3.63, 3.8) is 0 Å². The molecule has 0 unspecified atom stereocenters. The summed E-state index contributed by atoms with van der Waals surface area (Å²) < 4.78 is 4.25. The number of nitrogens with zero attached hydrogens (tertiary/aromatic N) is 3. The molecule has 18 heavy (non-hydrogen) atoms. The van der Waals surface area contributed by atoms with E-state index >= 15 is 0 Å². The highest BCUT2D eigenvalue weighted by molar-refractivity contribution is 5.79. The van der Waals surface area contributed by atoms with Crippen molar-refractivity contribution >= 4 is 10.9 Å². The molecule has 0 saturated heterocycles. The minimum absolute atomic E-state index is 0.872. The molecule has 0 aliphatic rings. The van der Waals surface area contributed by atoms with Gasteiger partial charge in [0.05, 0.1) is 17.9 Å². The lowest BCUT2D eigenvalue weighted by Gasteiger charge is -2.05. The van der Waals surface area contributed by atoms with Crippen LogP contribution in [0, 0.1) is 0 Å². The topological polar surface area (TPSA) is 22.8 Å². The smallest absolute Gasteiger partial charge is 0.0645 e. The van der Waals surface area contributed by atoms with Crippen LogP contribution in [-0.2, 0) is 20.0 Å². The highest BCUT2D eigenvalue weighted by Crippen LogP contribution is 2.17. The first-order valence-corrected chi connectivity index (χ1v) is 6.33. The van der Waals surface area contributed by atoms with Gasteiger partial charge >= 0.3 is 0 Å². The minimum atomic E-state index is 0.872. The average Bonchev–Trinajstić information content (AvgIpc) is 2.95. The van der Waals surface area contributed by atoms with Crippen LogP contribution in [0.4, 0.5) is 0 Å². The number of hydrogen-bond acceptors (Lipinski definition) is 1. The van der Waals surface area contributed by atoms with Gasteiger partial charge in [-0.2, -0.15) is 5.10 Å². The lowest BCUT2D eigenvalue weighted by molar-refractivity contribution is 0.669. The van der Waals surface area contributed by atoms with Crippen LogP contribution in [0.5, 0.6) is 0 Å². The first-order chi connectivity index (χ1) is 8.78. The summed E-state index contributed by atoms with van der Waals surface area (Å²) in [6.07, 6.45) is 3.13. The highest BCUT2D eigenvalue weighted by atomic mass is 15.3. The van der Waals surface area contributed by atoms with Gasteiger partial charge in [0.2, 0.25) is 0 Å². The predicted octanol–water partition coefficient (Wildman–Crippen LogP) is 2.99. The van der Waals surface area contributed by atoms with Crippen LogP contribution in [-0.4, -0.2) is 14.3 Å². The van der Waals surface area contributed by atoms with Crippen LogP contribution < -0.4 is 0 Å². The van der Waals surface area contributed by atoms with Crippen molar-refractivity contribution in [2.75, 3.05) is 0 Å². The third-order valence-corrected chi connectivity index (χ3v) is 3.40. The number of aryl methyl sites for hydroxylation is 2. The lowest BCUT2D eigenvalue weighted by atomic mass is 10.2. The third kappa shape index (κ3) is 1.82. The van der Waals surface area contributed by atoms with E-state index in [9.17, 15) is 0 Å². The second kappa shape index (κ2) is 4.33. The minimum Gasteiger partial charge on any atom is -0.341 e. The van der Waals surface area contributed by atoms with Crippen LogP contribution >= 0.6 is 0 Å². The van der Waals surface area contributed by atoms with E-state index in [1.54, 1.807) is 0 Å². The molecule has 0 spiro atoms. The summed E-state index contributed by atoms with van der Waals surface area (Å²) >= 11 is 0. The van der Waals surface area contributed by atoms with E-state index in [0.29, 0.717) is 0 Å². The van der Waals surface area contributed by atoms with Gasteiger partial charge < -0.3 is 4.57 Å². The van der Waals surface area contributed by atoms with Crippen LogP contribution in [0.25, 0.3) is 10.9 Å². The monoisotopic (exact) mass is 239 g/mol. The van der Waals surface area contributed by atoms with E-state index in [0.717, 1.165) is 18.7 Å². The Morgan fingerprint density at radius 2 is 2.00 bits per heavy atom. The van der Waals surface area contributed by atoms with Gasteiger partial charge in [0.1, 0.15) is 0 Å². The Morgan fingerprint density at radius 1 is 1.17 bits per heavy atom. The quantitative estimate of drug-likeness (QED) is 0.689. The van der Waals surface area contributed by atoms with E-state index in [4.69, 9.17) is 0 Å². The van der Waals surface area contributed by atoms with Gasteiger partial charge in [-0.25, -0.2) is 0 Å². The molecule has 2 heterocycles. The molecule has 0 N–H and O–H groups in total. The fourth-order valence-corrected chi connectivity index (χ4v) is 2.35. The van der Waals surface area contributed by atoms with Crippen LogP contribution in [0.2, 0.25) is 0 Å². The zero-order valence-electron chi connectivity index (χ0n) is 10.8. The number of rotatable bonds is 3. The Morgan fingerprint density at radius 3 is 2.78 bits per heavy atom. The predicted molar refractivity (Wildman–Crippen MR) is 73.6 cm³/mol. The maximum atomic E-state index is 4.49. The zero-order chi connectivity index (χ0) is 12.5. The standard InChI is InChI=1S/C15H17N3/c1-3-13-10-14(17(2)16-13)11-18-9-8-12-6-4-5-7-15(12)18/h4-10H,3,11H2,1-2H3. The summed E-state index contributed by atoms with van der Waals surface area (Å²) in [7, 11) is 2.01. The Hall–Kier alpha value is -2.03. The third-order valence-electron chi connectivity index (χ3n) is 3.40. The summed E-state index contributed by atoms with van der Waals surface area (Å²) in [5, 5.41) is 5.78. The van der Waals surface area contributed by atoms with E-state index in [1.165, 1.54) is 16.6 Å². The summed E-state index contributed by atoms with van der Waals surface area (Å²) in [5.41, 5.74) is 3.67. The van der Waals surface area contributed by atoms with Crippen LogP contribution in [0.1, 0.15) is 18.3 Å². The van der Waals surface area contributed by atoms with Crippen molar-refractivity contribution in [2.24, 2.45) is 7.05 Å². The lowest BCUT2D eigenvalue weighted by Crippen LogP contribution is -2.04. The van der Waals surface area contributed by atoms with E-state index in [1.807, 2.05) is 11.7 Å². The van der Waals surface area contributed by atoms with Gasteiger partial charge in [-0.15, -0.1) is 0 Å². The molecule has 3 aromatic rings. The molecule has 3 heteroatoms. The Labute approximate surface area is 107 Å². The number of hydrogen-bond donors (Lipinski definition) is 0. The average molecular weight is 239 g/mol. The molecule has 0 aliphatic heterocycles. The van der Waals surface area contributed by atoms with Crippen molar-refractivity contribution in [2.45, 2.75) is 19.9 Å². The van der Waals surface area contributed by atoms with Crippen molar-refractivity contribution in [1.29, 1.82) is 0 Å². The molecule has 92 valence electrons. The molecule has 0 saturated carbocycles. The second-order valence-electron chi connectivity index (χ2n) is 4.61. The van der Waals surface area contributed by atoms with Gasteiger partial charge in [0, 0.05) is 18.8 Å². The second-order valence-corrected chi connectivity index (χ2v) is 4.61. The first-order valence-electron chi connectivity index (χ1n) is 6.33. The van der Waals surface area contributed by atoms with Crippen molar-refractivity contribution in [1.82, 2.24) is 14.3 Å². The van der Waals surface area contributed by atoms with E-state index in [2.05, 4.69) is 59.2 Å². The zero-order valence-corrected chi connectivity index (χ0v) is 10.8. The van der Waals surface area contributed by atoms with E-state index < -0.39 is 0 Å². The maximum Gasteiger partial charge on any atom is 0.0645 e. The molecular formula is C15H17N3. The highest BCUT2D eigenvalue weighted by Gasteiger charge is 2.06. The molecule has 0 amide bonds. The first kappa shape index (κ1) is 11.1. The summed E-state index contributed by atoms with van der Waals surface area (Å²) in [6.45, 7) is 3.01. The molecule has 3 rings (SSSR count). The SMILES string of the molecule is CCc1cc(Cn2ccc3ccccc32)n(C)n1. The van der Waals surface area contributed by atoms with Gasteiger partial charge in [0.25, 0.3) is 0 Å². The Bertz CT molecular complexity index is 676. The molecule has 1 aromatic carbocycles. The fourth-order valence-electron chi connectivity index (χ4n) is 2.35. The Kier molecular flexibility index (Phi) is 2.67. The maximum absolute atomic E-state index is 4.49. The number of benzene rings is 1. The van der Waals surface area contributed by atoms with Gasteiger partial charge in [-0.05, 0) is 30.0 Å². The summed E-state index contributed by atoms with van der Waals surface area (Å²) in [6, 6.07) is 12.8. The van der Waals surface area contributed by atoms with Crippen molar-refractivity contribution < 1.29 is 0 Å². The van der Waals surface area contributed by atoms with Crippen molar-refractivity contribution in [3.8, 4) is 0 Å². The van der Waals surface area contributed by atoms with Gasteiger partial charge in [-0.1, -0.05) is 25.1 Å². The number of aromatic nitrogens is 3. The van der Waals surface area contributed by atoms with Crippen LogP contribution in [0.15, 0.2) is 42.6 Å². The van der Waals surface area contributed by atoms with Crippen LogP contribution in [0.3, 0.4) is 0 Å². The molecule has 0 aliphatic carbocycles. The molecule has 0 atom stereocenters. The molecule has 0 bridgehead atoms. The van der Waals surface area contributed by atoms with Gasteiger partial charge in [-0.3, -0.25) is 4.68 Å². The van der Waals surface area contributed by atoms with Gasteiger partial charge in [0.15, 0.2) is 0 Å². The molecule has 2 aromatic heterocycles. The van der Waals surface area contributed by atoms with Crippen molar-refractivity contribution in [3.05, 3.63) is 54.0 Å². The normalized spacial score (nSPS) is 11.2. The molecular weight excluding hydrogens is 222 g/mol. The summed E-state index contributed by atoms with van der Waals surface area (Å²) in [4.78, 5) is 0. The number of para-hydroxylation sites is 1. The molecule has 0 fully saturated rings. The largest absolute Gasteiger partial charge is 0.341 e. The number of fused-ring (bicyclic) bond motifs is 1.